The molecule has 15 heavy (non-hydrogen) atoms. The van der Waals surface area contributed by atoms with Gasteiger partial charge < -0.3 is 4.74 Å². The maximum atomic E-state index is 11.4. The number of carbonyl (C=O) groups excluding carboxylic acids is 1. The molecule has 0 fully saturated rings. The molecule has 2 aromatic heterocycles. The van der Waals surface area contributed by atoms with Crippen LogP contribution in [0.15, 0.2) is 12.4 Å². The first kappa shape index (κ1) is 9.64. The Morgan fingerprint density at radius 2 is 2.27 bits per heavy atom. The van der Waals surface area contributed by atoms with Crippen LogP contribution in [-0.2, 0) is 11.8 Å². The molecule has 5 nitrogen and oxygen atoms in total. The van der Waals surface area contributed by atoms with E-state index in [-0.39, 0.29) is 5.69 Å². The monoisotopic (exact) mass is 205 g/mol. The van der Waals surface area contributed by atoms with Crippen LogP contribution in [0.1, 0.15) is 16.1 Å². The Labute approximate surface area is 86.7 Å². The number of esters is 1. The summed E-state index contributed by atoms with van der Waals surface area (Å²) in [6, 6.07) is 0. The summed E-state index contributed by atoms with van der Waals surface area (Å²) in [5.41, 5.74) is 1.84. The topological polar surface area (TPSA) is 57.0 Å². The summed E-state index contributed by atoms with van der Waals surface area (Å²) >= 11 is 0. The molecule has 0 radical (unpaired) electrons. The van der Waals surface area contributed by atoms with Crippen molar-refractivity contribution in [3.8, 4) is 0 Å². The molecule has 0 unspecified atom stereocenters. The van der Waals surface area contributed by atoms with E-state index in [0.717, 1.165) is 10.9 Å². The molecule has 0 bridgehead atoms. The fraction of sp³-hybridized carbons (Fsp3) is 0.300. The van der Waals surface area contributed by atoms with E-state index in [1.54, 1.807) is 17.9 Å². The number of rotatable bonds is 1. The van der Waals surface area contributed by atoms with Gasteiger partial charge in [0.2, 0.25) is 0 Å². The van der Waals surface area contributed by atoms with Crippen molar-refractivity contribution in [2.45, 2.75) is 6.92 Å². The van der Waals surface area contributed by atoms with Gasteiger partial charge in [-0.2, -0.15) is 5.10 Å². The van der Waals surface area contributed by atoms with Crippen LogP contribution in [0.3, 0.4) is 0 Å². The minimum Gasteiger partial charge on any atom is -0.464 e. The van der Waals surface area contributed by atoms with Crippen molar-refractivity contribution in [1.29, 1.82) is 0 Å². The molecule has 0 aliphatic heterocycles. The van der Waals surface area contributed by atoms with Crippen LogP contribution in [0.5, 0.6) is 0 Å². The number of nitrogens with zero attached hydrogens (tertiary/aromatic N) is 3. The molecule has 0 aromatic carbocycles. The Hall–Kier alpha value is -1.91. The lowest BCUT2D eigenvalue weighted by atomic mass is 10.2. The van der Waals surface area contributed by atoms with Crippen molar-refractivity contribution >= 4 is 16.9 Å². The first-order valence-electron chi connectivity index (χ1n) is 4.50. The summed E-state index contributed by atoms with van der Waals surface area (Å²) in [6.07, 6.45) is 3.51. The molecular formula is C10H11N3O2. The third kappa shape index (κ3) is 1.45. The minimum absolute atomic E-state index is 0.263. The minimum atomic E-state index is -0.460. The number of fused-ring (bicyclic) bond motifs is 1. The Morgan fingerprint density at radius 3 is 2.93 bits per heavy atom. The van der Waals surface area contributed by atoms with Gasteiger partial charge >= 0.3 is 5.97 Å². The number of ether oxygens (including phenoxy) is 1. The van der Waals surface area contributed by atoms with E-state index in [9.17, 15) is 4.79 Å². The zero-order chi connectivity index (χ0) is 11.0. The second-order valence-corrected chi connectivity index (χ2v) is 3.35. The first-order chi connectivity index (χ1) is 7.13. The van der Waals surface area contributed by atoms with E-state index in [1.807, 2.05) is 13.1 Å². The fourth-order valence-electron chi connectivity index (χ4n) is 1.49. The highest BCUT2D eigenvalue weighted by molar-refractivity contribution is 6.01. The Balaban J connectivity index is 2.76. The van der Waals surface area contributed by atoms with E-state index in [4.69, 9.17) is 0 Å². The van der Waals surface area contributed by atoms with Crippen molar-refractivity contribution in [3.63, 3.8) is 0 Å². The maximum Gasteiger partial charge on any atom is 0.359 e. The van der Waals surface area contributed by atoms with Gasteiger partial charge in [0.25, 0.3) is 0 Å². The predicted octanol–water partition coefficient (Wildman–Crippen LogP) is 1.06. The molecule has 0 aliphatic carbocycles. The summed E-state index contributed by atoms with van der Waals surface area (Å²) in [5.74, 6) is -0.460. The number of carbonyl (C=O) groups is 1. The molecular weight excluding hydrogens is 194 g/mol. The molecule has 0 atom stereocenters. The third-order valence-electron chi connectivity index (χ3n) is 2.24. The zero-order valence-electron chi connectivity index (χ0n) is 8.81. The summed E-state index contributed by atoms with van der Waals surface area (Å²) in [6.45, 7) is 1.93. The molecule has 0 saturated heterocycles. The lowest BCUT2D eigenvalue weighted by Crippen LogP contribution is -2.05. The first-order valence-corrected chi connectivity index (χ1v) is 4.50. The summed E-state index contributed by atoms with van der Waals surface area (Å²) < 4.78 is 6.30. The van der Waals surface area contributed by atoms with Gasteiger partial charge in [-0.3, -0.25) is 4.68 Å². The fourth-order valence-corrected chi connectivity index (χ4v) is 1.49. The Bertz CT molecular complexity index is 531. The number of pyridine rings is 1. The van der Waals surface area contributed by atoms with E-state index in [1.165, 1.54) is 7.11 Å². The van der Waals surface area contributed by atoms with E-state index >= 15 is 0 Å². The van der Waals surface area contributed by atoms with Crippen LogP contribution >= 0.6 is 0 Å². The second kappa shape index (κ2) is 3.34. The summed E-state index contributed by atoms with van der Waals surface area (Å²) in [4.78, 5) is 15.5. The van der Waals surface area contributed by atoms with Crippen molar-refractivity contribution < 1.29 is 9.53 Å². The van der Waals surface area contributed by atoms with Gasteiger partial charge in [0.1, 0.15) is 5.52 Å². The predicted molar refractivity (Wildman–Crippen MR) is 54.6 cm³/mol. The highest BCUT2D eigenvalue weighted by Crippen LogP contribution is 2.19. The number of methoxy groups -OCH3 is 1. The molecule has 0 aliphatic rings. The van der Waals surface area contributed by atoms with E-state index in [0.29, 0.717) is 5.52 Å². The van der Waals surface area contributed by atoms with Gasteiger partial charge in [-0.15, -0.1) is 0 Å². The smallest absolute Gasteiger partial charge is 0.359 e. The number of aryl methyl sites for hydroxylation is 2. The standard InChI is InChI=1S/C10H11N3O2/c1-6-4-11-9(10(14)15-3)8-7(6)5-13(2)12-8/h4-5H,1-3H3. The molecule has 0 saturated carbocycles. The lowest BCUT2D eigenvalue weighted by molar-refractivity contribution is 0.0596. The summed E-state index contributed by atoms with van der Waals surface area (Å²) in [7, 11) is 3.14. The molecule has 78 valence electrons. The molecule has 0 amide bonds. The number of hydrogen-bond donors (Lipinski definition) is 0. The van der Waals surface area contributed by atoms with E-state index in [2.05, 4.69) is 14.8 Å². The lowest BCUT2D eigenvalue weighted by Gasteiger charge is -2.00. The Kier molecular flexibility index (Phi) is 2.15. The van der Waals surface area contributed by atoms with Crippen LogP contribution in [0.25, 0.3) is 10.9 Å². The van der Waals surface area contributed by atoms with Gasteiger partial charge in [-0.05, 0) is 12.5 Å². The number of aromatic nitrogens is 3. The van der Waals surface area contributed by atoms with Gasteiger partial charge in [-0.1, -0.05) is 0 Å². The SMILES string of the molecule is COC(=O)c1ncc(C)c2cn(C)nc12. The normalized spacial score (nSPS) is 10.6. The van der Waals surface area contributed by atoms with E-state index < -0.39 is 5.97 Å². The highest BCUT2D eigenvalue weighted by atomic mass is 16.5. The van der Waals surface area contributed by atoms with Crippen molar-refractivity contribution in [2.75, 3.05) is 7.11 Å². The quantitative estimate of drug-likeness (QED) is 0.653. The largest absolute Gasteiger partial charge is 0.464 e. The van der Waals surface area contributed by atoms with Crippen LogP contribution in [-0.4, -0.2) is 27.8 Å². The molecule has 2 heterocycles. The zero-order valence-corrected chi connectivity index (χ0v) is 8.81. The van der Waals surface area contributed by atoms with Crippen LogP contribution in [0.2, 0.25) is 0 Å². The van der Waals surface area contributed by atoms with Crippen molar-refractivity contribution in [2.24, 2.45) is 7.05 Å². The van der Waals surface area contributed by atoms with Gasteiger partial charge in [0.05, 0.1) is 7.11 Å². The second-order valence-electron chi connectivity index (χ2n) is 3.35. The molecule has 0 spiro atoms. The summed E-state index contributed by atoms with van der Waals surface area (Å²) in [5, 5.41) is 5.12. The van der Waals surface area contributed by atoms with Gasteiger partial charge in [-0.25, -0.2) is 9.78 Å². The van der Waals surface area contributed by atoms with Crippen LogP contribution in [0.4, 0.5) is 0 Å². The molecule has 2 rings (SSSR count). The molecule has 2 aromatic rings. The van der Waals surface area contributed by atoms with Crippen molar-refractivity contribution in [1.82, 2.24) is 14.8 Å². The van der Waals surface area contributed by atoms with Gasteiger partial charge in [0.15, 0.2) is 5.69 Å². The number of hydrogen-bond acceptors (Lipinski definition) is 4. The van der Waals surface area contributed by atoms with Crippen LogP contribution < -0.4 is 0 Å². The van der Waals surface area contributed by atoms with Crippen molar-refractivity contribution in [3.05, 3.63) is 23.7 Å². The average molecular weight is 205 g/mol. The third-order valence-corrected chi connectivity index (χ3v) is 2.24. The molecule has 0 N–H and O–H groups in total. The maximum absolute atomic E-state index is 11.4. The van der Waals surface area contributed by atoms with Crippen LogP contribution in [0, 0.1) is 6.92 Å². The Morgan fingerprint density at radius 1 is 1.53 bits per heavy atom. The highest BCUT2D eigenvalue weighted by Gasteiger charge is 2.15. The average Bonchev–Trinajstić information content (AvgIpc) is 2.60. The molecule has 5 heteroatoms. The van der Waals surface area contributed by atoms with Gasteiger partial charge in [0, 0.05) is 24.8 Å².